The molecule has 0 aromatic rings. The quantitative estimate of drug-likeness (QED) is 0.553. The van der Waals surface area contributed by atoms with Crippen LogP contribution in [-0.4, -0.2) is 28.0 Å². The van der Waals surface area contributed by atoms with Gasteiger partial charge in [0.15, 0.2) is 0 Å². The summed E-state index contributed by atoms with van der Waals surface area (Å²) < 4.78 is 0. The summed E-state index contributed by atoms with van der Waals surface area (Å²) in [5.74, 6) is 0. The van der Waals surface area contributed by atoms with Gasteiger partial charge < -0.3 is 10.2 Å². The summed E-state index contributed by atoms with van der Waals surface area (Å²) in [4.78, 5) is 0. The van der Waals surface area contributed by atoms with Gasteiger partial charge in [-0.05, 0) is 13.2 Å². The average Bonchev–Trinajstić information content (AvgIpc) is 1.65. The van der Waals surface area contributed by atoms with Gasteiger partial charge in [0.1, 0.15) is 5.44 Å². The van der Waals surface area contributed by atoms with E-state index in [0.29, 0.717) is 6.42 Å². The fraction of sp³-hybridized carbons (Fsp3) is 1.00. The van der Waals surface area contributed by atoms with Gasteiger partial charge in [0.25, 0.3) is 0 Å². The SMILES string of the molecule is CSC(O)CC(C)O. The van der Waals surface area contributed by atoms with Crippen LogP contribution in [0.25, 0.3) is 0 Å². The van der Waals surface area contributed by atoms with E-state index in [4.69, 9.17) is 10.2 Å². The standard InChI is InChI=1S/C5H12O2S/c1-4(6)3-5(7)8-2/h4-7H,3H2,1-2H3. The Hall–Kier alpha value is 0.270. The van der Waals surface area contributed by atoms with Gasteiger partial charge >= 0.3 is 0 Å². The minimum atomic E-state index is -0.407. The Morgan fingerprint density at radius 3 is 2.12 bits per heavy atom. The zero-order valence-corrected chi connectivity index (χ0v) is 5.98. The fourth-order valence-electron chi connectivity index (χ4n) is 0.388. The number of thioether (sulfide) groups is 1. The van der Waals surface area contributed by atoms with Gasteiger partial charge in [0, 0.05) is 6.42 Å². The highest BCUT2D eigenvalue weighted by molar-refractivity contribution is 7.99. The number of aliphatic hydroxyl groups is 2. The van der Waals surface area contributed by atoms with Crippen molar-refractivity contribution >= 4 is 11.8 Å². The van der Waals surface area contributed by atoms with Gasteiger partial charge in [0.2, 0.25) is 0 Å². The normalized spacial score (nSPS) is 18.0. The Labute approximate surface area is 53.9 Å². The van der Waals surface area contributed by atoms with E-state index >= 15 is 0 Å². The smallest absolute Gasteiger partial charge is 0.101 e. The molecule has 0 aliphatic rings. The first-order chi connectivity index (χ1) is 3.66. The van der Waals surface area contributed by atoms with Crippen LogP contribution in [-0.2, 0) is 0 Å². The topological polar surface area (TPSA) is 40.5 Å². The van der Waals surface area contributed by atoms with Gasteiger partial charge in [-0.25, -0.2) is 0 Å². The molecule has 2 nitrogen and oxygen atoms in total. The Morgan fingerprint density at radius 2 is 2.00 bits per heavy atom. The van der Waals surface area contributed by atoms with Crippen molar-refractivity contribution in [2.75, 3.05) is 6.26 Å². The van der Waals surface area contributed by atoms with E-state index in [-0.39, 0.29) is 0 Å². The third-order valence-electron chi connectivity index (χ3n) is 0.815. The monoisotopic (exact) mass is 136 g/mol. The highest BCUT2D eigenvalue weighted by Crippen LogP contribution is 2.08. The minimum Gasteiger partial charge on any atom is -0.393 e. The summed E-state index contributed by atoms with van der Waals surface area (Å²) >= 11 is 1.35. The molecule has 8 heavy (non-hydrogen) atoms. The number of rotatable bonds is 3. The molecule has 0 spiro atoms. The van der Waals surface area contributed by atoms with Crippen LogP contribution in [0.5, 0.6) is 0 Å². The van der Waals surface area contributed by atoms with E-state index in [1.807, 2.05) is 6.26 Å². The largest absolute Gasteiger partial charge is 0.393 e. The van der Waals surface area contributed by atoms with Gasteiger partial charge in [0.05, 0.1) is 6.10 Å². The highest BCUT2D eigenvalue weighted by Gasteiger charge is 2.03. The van der Waals surface area contributed by atoms with Crippen LogP contribution in [0.3, 0.4) is 0 Å². The van der Waals surface area contributed by atoms with Crippen LogP contribution in [0, 0.1) is 0 Å². The molecule has 0 fully saturated rings. The molecule has 0 aliphatic carbocycles. The second kappa shape index (κ2) is 4.18. The molecule has 0 bridgehead atoms. The maximum Gasteiger partial charge on any atom is 0.101 e. The van der Waals surface area contributed by atoms with E-state index in [1.54, 1.807) is 6.92 Å². The minimum absolute atomic E-state index is 0.391. The number of hydrogen-bond acceptors (Lipinski definition) is 3. The van der Waals surface area contributed by atoms with Crippen LogP contribution in [0.4, 0.5) is 0 Å². The van der Waals surface area contributed by atoms with Crippen LogP contribution < -0.4 is 0 Å². The van der Waals surface area contributed by atoms with Crippen molar-refractivity contribution in [2.24, 2.45) is 0 Å². The Kier molecular flexibility index (Phi) is 4.32. The Morgan fingerprint density at radius 1 is 1.50 bits per heavy atom. The lowest BCUT2D eigenvalue weighted by atomic mass is 10.3. The van der Waals surface area contributed by atoms with Gasteiger partial charge in [-0.15, -0.1) is 11.8 Å². The maximum absolute atomic E-state index is 8.83. The lowest BCUT2D eigenvalue weighted by molar-refractivity contribution is 0.135. The molecule has 0 aromatic carbocycles. The van der Waals surface area contributed by atoms with Crippen LogP contribution in [0.1, 0.15) is 13.3 Å². The fourth-order valence-corrected chi connectivity index (χ4v) is 0.859. The Balaban J connectivity index is 3.10. The van der Waals surface area contributed by atoms with Gasteiger partial charge in [-0.2, -0.15) is 0 Å². The van der Waals surface area contributed by atoms with E-state index in [9.17, 15) is 0 Å². The average molecular weight is 136 g/mol. The summed E-state index contributed by atoms with van der Waals surface area (Å²) in [6, 6.07) is 0. The molecule has 2 N–H and O–H groups in total. The molecule has 2 unspecified atom stereocenters. The maximum atomic E-state index is 8.83. The summed E-state index contributed by atoms with van der Waals surface area (Å²) in [5, 5.41) is 17.5. The van der Waals surface area contributed by atoms with E-state index < -0.39 is 11.5 Å². The highest BCUT2D eigenvalue weighted by atomic mass is 32.2. The summed E-state index contributed by atoms with van der Waals surface area (Å²) in [6.45, 7) is 1.67. The molecular formula is C5H12O2S. The van der Waals surface area contributed by atoms with Crippen molar-refractivity contribution in [3.63, 3.8) is 0 Å². The first-order valence-corrected chi connectivity index (χ1v) is 3.84. The third kappa shape index (κ3) is 4.43. The lowest BCUT2D eigenvalue weighted by Gasteiger charge is -2.07. The molecule has 0 amide bonds. The number of aliphatic hydroxyl groups excluding tert-OH is 2. The second-order valence-corrected chi connectivity index (χ2v) is 2.79. The van der Waals surface area contributed by atoms with Gasteiger partial charge in [-0.3, -0.25) is 0 Å². The zero-order valence-electron chi connectivity index (χ0n) is 5.16. The van der Waals surface area contributed by atoms with Crippen LogP contribution in [0.2, 0.25) is 0 Å². The first-order valence-electron chi connectivity index (χ1n) is 2.55. The molecule has 3 heteroatoms. The summed E-state index contributed by atoms with van der Waals surface area (Å²) in [6.07, 6.45) is 1.88. The van der Waals surface area contributed by atoms with Crippen molar-refractivity contribution in [1.29, 1.82) is 0 Å². The van der Waals surface area contributed by atoms with Crippen molar-refractivity contribution in [3.8, 4) is 0 Å². The van der Waals surface area contributed by atoms with Crippen LogP contribution >= 0.6 is 11.8 Å². The molecule has 0 saturated carbocycles. The van der Waals surface area contributed by atoms with Crippen molar-refractivity contribution < 1.29 is 10.2 Å². The van der Waals surface area contributed by atoms with Crippen molar-refractivity contribution in [2.45, 2.75) is 24.9 Å². The summed E-state index contributed by atoms with van der Waals surface area (Å²) in [5.41, 5.74) is -0.407. The zero-order chi connectivity index (χ0) is 6.57. The molecule has 0 aromatic heterocycles. The van der Waals surface area contributed by atoms with Gasteiger partial charge in [-0.1, -0.05) is 0 Å². The van der Waals surface area contributed by atoms with Crippen molar-refractivity contribution in [3.05, 3.63) is 0 Å². The first kappa shape index (κ1) is 8.27. The second-order valence-electron chi connectivity index (χ2n) is 1.78. The third-order valence-corrected chi connectivity index (χ3v) is 1.55. The lowest BCUT2D eigenvalue weighted by Crippen LogP contribution is -2.10. The van der Waals surface area contributed by atoms with E-state index in [0.717, 1.165) is 0 Å². The molecule has 0 saturated heterocycles. The Bertz CT molecular complexity index is 56.4. The molecule has 0 rings (SSSR count). The number of hydrogen-bond donors (Lipinski definition) is 2. The molecule has 0 heterocycles. The van der Waals surface area contributed by atoms with E-state index in [2.05, 4.69) is 0 Å². The predicted octanol–water partition coefficient (Wildman–Crippen LogP) is 0.439. The predicted molar refractivity (Wildman–Crippen MR) is 35.8 cm³/mol. The van der Waals surface area contributed by atoms with E-state index in [1.165, 1.54) is 11.8 Å². The molecule has 2 atom stereocenters. The molecule has 0 radical (unpaired) electrons. The molecule has 50 valence electrons. The molecular weight excluding hydrogens is 124 g/mol. The molecule has 0 aliphatic heterocycles. The van der Waals surface area contributed by atoms with Crippen LogP contribution in [0.15, 0.2) is 0 Å². The van der Waals surface area contributed by atoms with Crippen molar-refractivity contribution in [1.82, 2.24) is 0 Å². The summed E-state index contributed by atoms with van der Waals surface area (Å²) in [7, 11) is 0.